The monoisotopic (exact) mass is 299 g/mol. The smallest absolute Gasteiger partial charge is 0.134 e. The molecule has 2 N–H and O–H groups in total. The summed E-state index contributed by atoms with van der Waals surface area (Å²) in [6, 6.07) is 11.7. The molecule has 3 aromatic rings. The third-order valence-electron chi connectivity index (χ3n) is 3.99. The topological polar surface area (TPSA) is 39.2 Å². The highest BCUT2D eigenvalue weighted by Crippen LogP contribution is 2.34. The Morgan fingerprint density at radius 2 is 1.81 bits per heavy atom. The SMILES string of the molecule is Cc1ccc(C)c(C(N)c2oc3ccc(Cl)cc3c2C)c1. The van der Waals surface area contributed by atoms with Crippen LogP contribution in [0.4, 0.5) is 0 Å². The zero-order chi connectivity index (χ0) is 15.1. The molecule has 0 fully saturated rings. The first-order valence-corrected chi connectivity index (χ1v) is 7.36. The van der Waals surface area contributed by atoms with Gasteiger partial charge in [-0.1, -0.05) is 35.4 Å². The van der Waals surface area contributed by atoms with Crippen molar-refractivity contribution in [1.82, 2.24) is 0 Å². The van der Waals surface area contributed by atoms with Gasteiger partial charge in [0.05, 0.1) is 6.04 Å². The van der Waals surface area contributed by atoms with Crippen molar-refractivity contribution >= 4 is 22.6 Å². The molecule has 0 saturated heterocycles. The Bertz CT molecular complexity index is 819. The highest BCUT2D eigenvalue weighted by atomic mass is 35.5. The second-order valence-electron chi connectivity index (χ2n) is 5.57. The normalized spacial score (nSPS) is 12.8. The molecule has 3 heteroatoms. The minimum Gasteiger partial charge on any atom is -0.459 e. The van der Waals surface area contributed by atoms with Gasteiger partial charge in [-0.15, -0.1) is 0 Å². The molecule has 1 atom stereocenters. The van der Waals surface area contributed by atoms with Gasteiger partial charge in [0.25, 0.3) is 0 Å². The van der Waals surface area contributed by atoms with Crippen LogP contribution in [0.15, 0.2) is 40.8 Å². The second kappa shape index (κ2) is 5.21. The van der Waals surface area contributed by atoms with Gasteiger partial charge in [-0.2, -0.15) is 0 Å². The average Bonchev–Trinajstić information content (AvgIpc) is 2.78. The molecule has 0 aliphatic carbocycles. The molecule has 0 spiro atoms. The van der Waals surface area contributed by atoms with E-state index in [0.717, 1.165) is 27.9 Å². The summed E-state index contributed by atoms with van der Waals surface area (Å²) in [4.78, 5) is 0. The number of aryl methyl sites for hydroxylation is 3. The van der Waals surface area contributed by atoms with Crippen LogP contribution in [0.5, 0.6) is 0 Å². The molecule has 0 amide bonds. The number of hydrogen-bond donors (Lipinski definition) is 1. The van der Waals surface area contributed by atoms with Crippen molar-refractivity contribution in [3.05, 3.63) is 69.4 Å². The van der Waals surface area contributed by atoms with Gasteiger partial charge in [0.2, 0.25) is 0 Å². The zero-order valence-electron chi connectivity index (χ0n) is 12.4. The molecule has 0 aliphatic heterocycles. The van der Waals surface area contributed by atoms with E-state index in [1.165, 1.54) is 11.1 Å². The Morgan fingerprint density at radius 3 is 2.57 bits per heavy atom. The summed E-state index contributed by atoms with van der Waals surface area (Å²) < 4.78 is 5.98. The number of benzene rings is 2. The third kappa shape index (κ3) is 2.45. The van der Waals surface area contributed by atoms with E-state index < -0.39 is 0 Å². The summed E-state index contributed by atoms with van der Waals surface area (Å²) in [5.41, 5.74) is 11.8. The molecule has 1 aromatic heterocycles. The average molecular weight is 300 g/mol. The number of furan rings is 1. The van der Waals surface area contributed by atoms with E-state index in [9.17, 15) is 0 Å². The van der Waals surface area contributed by atoms with Crippen LogP contribution in [0.2, 0.25) is 5.02 Å². The van der Waals surface area contributed by atoms with Crippen LogP contribution in [0, 0.1) is 20.8 Å². The van der Waals surface area contributed by atoms with Crippen molar-refractivity contribution in [3.63, 3.8) is 0 Å². The molecule has 2 nitrogen and oxygen atoms in total. The molecule has 0 saturated carbocycles. The minimum absolute atomic E-state index is 0.268. The Hall–Kier alpha value is -1.77. The number of hydrogen-bond acceptors (Lipinski definition) is 2. The summed E-state index contributed by atoms with van der Waals surface area (Å²) in [5.74, 6) is 0.806. The van der Waals surface area contributed by atoms with Gasteiger partial charge >= 0.3 is 0 Å². The van der Waals surface area contributed by atoms with E-state index in [0.29, 0.717) is 5.02 Å². The van der Waals surface area contributed by atoms with E-state index in [2.05, 4.69) is 32.0 Å². The molecule has 0 aliphatic rings. The first-order valence-electron chi connectivity index (χ1n) is 6.98. The van der Waals surface area contributed by atoms with E-state index >= 15 is 0 Å². The number of nitrogens with two attached hydrogens (primary N) is 1. The standard InChI is InChI=1S/C18H18ClNO/c1-10-4-5-11(2)14(8-10)17(20)18-12(3)15-9-13(19)6-7-16(15)21-18/h4-9,17H,20H2,1-3H3. The molecule has 21 heavy (non-hydrogen) atoms. The van der Waals surface area contributed by atoms with Crippen LogP contribution < -0.4 is 5.73 Å². The fraction of sp³-hybridized carbons (Fsp3) is 0.222. The van der Waals surface area contributed by atoms with Gasteiger partial charge in [0.15, 0.2) is 0 Å². The van der Waals surface area contributed by atoms with E-state index in [-0.39, 0.29) is 6.04 Å². The largest absolute Gasteiger partial charge is 0.459 e. The van der Waals surface area contributed by atoms with Crippen LogP contribution in [-0.4, -0.2) is 0 Å². The molecule has 1 unspecified atom stereocenters. The third-order valence-corrected chi connectivity index (χ3v) is 4.22. The molecule has 3 rings (SSSR count). The fourth-order valence-corrected chi connectivity index (χ4v) is 2.92. The van der Waals surface area contributed by atoms with Gasteiger partial charge in [-0.25, -0.2) is 0 Å². The van der Waals surface area contributed by atoms with Crippen molar-refractivity contribution in [2.75, 3.05) is 0 Å². The van der Waals surface area contributed by atoms with E-state index in [1.54, 1.807) is 0 Å². The molecule has 108 valence electrons. The molecule has 0 bridgehead atoms. The summed E-state index contributed by atoms with van der Waals surface area (Å²) in [7, 11) is 0. The van der Waals surface area contributed by atoms with E-state index in [1.807, 2.05) is 25.1 Å². The highest BCUT2D eigenvalue weighted by molar-refractivity contribution is 6.31. The molecule has 2 aromatic carbocycles. The van der Waals surface area contributed by atoms with Crippen molar-refractivity contribution in [2.45, 2.75) is 26.8 Å². The summed E-state index contributed by atoms with van der Waals surface area (Å²) in [6.45, 7) is 6.17. The van der Waals surface area contributed by atoms with Crippen LogP contribution >= 0.6 is 11.6 Å². The lowest BCUT2D eigenvalue weighted by molar-refractivity contribution is 0.520. The fourth-order valence-electron chi connectivity index (χ4n) is 2.74. The maximum atomic E-state index is 6.46. The van der Waals surface area contributed by atoms with Crippen molar-refractivity contribution in [1.29, 1.82) is 0 Å². The highest BCUT2D eigenvalue weighted by Gasteiger charge is 2.20. The van der Waals surface area contributed by atoms with E-state index in [4.69, 9.17) is 21.8 Å². The second-order valence-corrected chi connectivity index (χ2v) is 6.01. The lowest BCUT2D eigenvalue weighted by Crippen LogP contribution is -2.13. The van der Waals surface area contributed by atoms with Crippen LogP contribution in [0.25, 0.3) is 11.0 Å². The lowest BCUT2D eigenvalue weighted by Gasteiger charge is -2.14. The van der Waals surface area contributed by atoms with Gasteiger partial charge in [0.1, 0.15) is 11.3 Å². The Balaban J connectivity index is 2.15. The summed E-state index contributed by atoms with van der Waals surface area (Å²) >= 11 is 6.07. The molecule has 1 heterocycles. The predicted octanol–water partition coefficient (Wildman–Crippen LogP) is 5.06. The summed E-state index contributed by atoms with van der Waals surface area (Å²) in [5, 5.41) is 1.73. The van der Waals surface area contributed by atoms with Crippen molar-refractivity contribution < 1.29 is 4.42 Å². The minimum atomic E-state index is -0.268. The molecule has 0 radical (unpaired) electrons. The van der Waals surface area contributed by atoms with Crippen LogP contribution in [-0.2, 0) is 0 Å². The maximum Gasteiger partial charge on any atom is 0.134 e. The maximum absolute atomic E-state index is 6.46. The molecular weight excluding hydrogens is 282 g/mol. The van der Waals surface area contributed by atoms with Crippen LogP contribution in [0.3, 0.4) is 0 Å². The lowest BCUT2D eigenvalue weighted by atomic mass is 9.96. The number of rotatable bonds is 2. The first kappa shape index (κ1) is 14.2. The Labute approximate surface area is 129 Å². The van der Waals surface area contributed by atoms with Gasteiger partial charge < -0.3 is 10.2 Å². The van der Waals surface area contributed by atoms with Crippen molar-refractivity contribution in [3.8, 4) is 0 Å². The number of halogens is 1. The summed E-state index contributed by atoms with van der Waals surface area (Å²) in [6.07, 6.45) is 0. The quantitative estimate of drug-likeness (QED) is 0.718. The molecular formula is C18H18ClNO. The van der Waals surface area contributed by atoms with Crippen LogP contribution in [0.1, 0.15) is 34.1 Å². The van der Waals surface area contributed by atoms with Gasteiger partial charge in [-0.3, -0.25) is 0 Å². The predicted molar refractivity (Wildman–Crippen MR) is 87.9 cm³/mol. The van der Waals surface area contributed by atoms with Crippen molar-refractivity contribution in [2.24, 2.45) is 5.73 Å². The zero-order valence-corrected chi connectivity index (χ0v) is 13.2. The van der Waals surface area contributed by atoms with Gasteiger partial charge in [0, 0.05) is 16.0 Å². The van der Waals surface area contributed by atoms with Gasteiger partial charge in [-0.05, 0) is 50.1 Å². The Kier molecular flexibility index (Phi) is 3.52. The number of fused-ring (bicyclic) bond motifs is 1. The Morgan fingerprint density at radius 1 is 1.05 bits per heavy atom. The first-order chi connectivity index (χ1) is 9.97.